The molecule has 0 aliphatic carbocycles. The van der Waals surface area contributed by atoms with Crippen molar-refractivity contribution < 1.29 is 29.0 Å². The minimum Gasteiger partial charge on any atom is -0.497 e. The summed E-state index contributed by atoms with van der Waals surface area (Å²) >= 11 is 0. The minimum atomic E-state index is -0.491. The number of hydrogen-bond donors (Lipinski definition) is 2. The molecule has 0 heterocycles. The van der Waals surface area contributed by atoms with Gasteiger partial charge in [0.2, 0.25) is 12.4 Å². The van der Waals surface area contributed by atoms with E-state index in [0.717, 1.165) is 11.1 Å². The number of amides is 3. The van der Waals surface area contributed by atoms with E-state index >= 15 is 0 Å². The third-order valence-corrected chi connectivity index (χ3v) is 5.20. The van der Waals surface area contributed by atoms with Crippen LogP contribution in [0, 0.1) is 5.82 Å². The normalized spacial score (nSPS) is 11.1. The van der Waals surface area contributed by atoms with Gasteiger partial charge in [-0.05, 0) is 35.4 Å². The zero-order valence-electron chi connectivity index (χ0n) is 20.3. The number of quaternary nitrogens is 1. The smallest absolute Gasteiger partial charge is 0.324 e. The number of benzene rings is 3. The molecule has 188 valence electrons. The van der Waals surface area contributed by atoms with Crippen LogP contribution in [0.4, 0.5) is 20.6 Å². The van der Waals surface area contributed by atoms with Crippen LogP contribution < -0.4 is 15.5 Å². The molecule has 3 aromatic carbocycles. The number of halogens is 1. The van der Waals surface area contributed by atoms with Gasteiger partial charge < -0.3 is 9.64 Å². The maximum absolute atomic E-state index is 14.1. The number of guanidine groups is 1. The maximum atomic E-state index is 14.1. The van der Waals surface area contributed by atoms with Crippen molar-refractivity contribution in [2.45, 2.75) is 13.1 Å². The second-order valence-corrected chi connectivity index (χ2v) is 7.85. The largest absolute Gasteiger partial charge is 0.497 e. The van der Waals surface area contributed by atoms with Gasteiger partial charge in [-0.25, -0.2) is 19.0 Å². The number of nitrogens with two attached hydrogens (primary N) is 1. The van der Waals surface area contributed by atoms with Crippen molar-refractivity contribution >= 4 is 29.8 Å². The summed E-state index contributed by atoms with van der Waals surface area (Å²) in [5.41, 5.74) is 3.47. The molecule has 0 aliphatic rings. The Morgan fingerprint density at radius 2 is 1.72 bits per heavy atom. The van der Waals surface area contributed by atoms with E-state index in [4.69, 9.17) is 9.57 Å². The standard InChI is InChI=1S/C26H28FN5O4/c1-31(16-19-7-5-4-6-8-19)26(34)29-25(28-21-11-14-23(27)24(15-21)30-36-3)32(18-33)17-20-9-12-22(35-2)13-10-20/h4-15,18,30H,16-17H2,1-3H3,(H,28,29,34)/p+1. The van der Waals surface area contributed by atoms with Crippen LogP contribution in [-0.4, -0.2) is 49.5 Å². The first-order chi connectivity index (χ1) is 17.4. The van der Waals surface area contributed by atoms with Crippen LogP contribution in [-0.2, 0) is 22.7 Å². The SMILES string of the molecule is CO[NH2+]c1cc(N=C(NC(=O)N(C)Cc2ccccc2)N(C=O)Cc2ccc(OC)cc2)ccc1F. The molecule has 0 saturated carbocycles. The number of methoxy groups -OCH3 is 1. The lowest BCUT2D eigenvalue weighted by Crippen LogP contribution is -2.76. The highest BCUT2D eigenvalue weighted by atomic mass is 19.1. The third kappa shape index (κ3) is 7.36. The number of carbonyl (C=O) groups excluding carboxylic acids is 2. The molecule has 3 aromatic rings. The molecule has 3 rings (SSSR count). The first-order valence-electron chi connectivity index (χ1n) is 11.1. The summed E-state index contributed by atoms with van der Waals surface area (Å²) in [4.78, 5) is 37.2. The van der Waals surface area contributed by atoms with Crippen molar-refractivity contribution in [1.29, 1.82) is 0 Å². The zero-order valence-corrected chi connectivity index (χ0v) is 20.3. The summed E-state index contributed by atoms with van der Waals surface area (Å²) in [5.74, 6) is 0.171. The fourth-order valence-electron chi connectivity index (χ4n) is 3.31. The third-order valence-electron chi connectivity index (χ3n) is 5.20. The Labute approximate surface area is 209 Å². The number of urea groups is 1. The van der Waals surface area contributed by atoms with Gasteiger partial charge in [-0.3, -0.25) is 15.0 Å². The van der Waals surface area contributed by atoms with Gasteiger partial charge in [-0.15, -0.1) is 0 Å². The molecule has 36 heavy (non-hydrogen) atoms. The van der Waals surface area contributed by atoms with Gasteiger partial charge in [-0.2, -0.15) is 5.48 Å². The average molecular weight is 495 g/mol. The quantitative estimate of drug-likeness (QED) is 0.157. The molecular formula is C26H29FN5O4+. The molecule has 0 radical (unpaired) electrons. The Hall–Kier alpha value is -4.28. The number of ether oxygens (including phenoxy) is 1. The molecule has 0 aromatic heterocycles. The van der Waals surface area contributed by atoms with E-state index in [-0.39, 0.29) is 18.2 Å². The predicted octanol–water partition coefficient (Wildman–Crippen LogP) is 3.08. The predicted molar refractivity (Wildman–Crippen MR) is 133 cm³/mol. The summed E-state index contributed by atoms with van der Waals surface area (Å²) in [6.45, 7) is 0.482. The summed E-state index contributed by atoms with van der Waals surface area (Å²) in [6.07, 6.45) is 0.576. The van der Waals surface area contributed by atoms with Crippen LogP contribution in [0.5, 0.6) is 5.75 Å². The molecule has 0 aliphatic heterocycles. The van der Waals surface area contributed by atoms with Crippen LogP contribution in [0.25, 0.3) is 0 Å². The number of nitrogens with zero attached hydrogens (tertiary/aromatic N) is 3. The van der Waals surface area contributed by atoms with E-state index in [0.29, 0.717) is 24.4 Å². The number of rotatable bonds is 9. The number of nitrogens with one attached hydrogen (secondary N) is 1. The van der Waals surface area contributed by atoms with Crippen LogP contribution in [0.3, 0.4) is 0 Å². The van der Waals surface area contributed by atoms with Crippen molar-refractivity contribution in [2.24, 2.45) is 4.99 Å². The van der Waals surface area contributed by atoms with Gasteiger partial charge in [0.1, 0.15) is 5.75 Å². The van der Waals surface area contributed by atoms with Gasteiger partial charge in [-0.1, -0.05) is 42.5 Å². The summed E-state index contributed by atoms with van der Waals surface area (Å²) in [5, 5.41) is 2.72. The highest BCUT2D eigenvalue weighted by Crippen LogP contribution is 2.20. The summed E-state index contributed by atoms with van der Waals surface area (Å²) < 4.78 is 19.3. The van der Waals surface area contributed by atoms with Crippen molar-refractivity contribution in [3.63, 3.8) is 0 Å². The molecule has 0 saturated heterocycles. The van der Waals surface area contributed by atoms with Crippen molar-refractivity contribution in [1.82, 2.24) is 15.1 Å². The van der Waals surface area contributed by atoms with Gasteiger partial charge in [0.05, 0.1) is 26.5 Å². The molecule has 0 unspecified atom stereocenters. The molecular weight excluding hydrogens is 465 g/mol. The second kappa shape index (κ2) is 13.0. The second-order valence-electron chi connectivity index (χ2n) is 7.85. The fourth-order valence-corrected chi connectivity index (χ4v) is 3.31. The average Bonchev–Trinajstić information content (AvgIpc) is 2.89. The molecule has 0 bridgehead atoms. The highest BCUT2D eigenvalue weighted by molar-refractivity contribution is 6.01. The molecule has 10 heteroatoms. The lowest BCUT2D eigenvalue weighted by molar-refractivity contribution is -0.831. The van der Waals surface area contributed by atoms with E-state index in [2.05, 4.69) is 10.3 Å². The van der Waals surface area contributed by atoms with Crippen molar-refractivity contribution in [3.8, 4) is 5.75 Å². The van der Waals surface area contributed by atoms with Crippen molar-refractivity contribution in [3.05, 3.63) is 89.7 Å². The van der Waals surface area contributed by atoms with Crippen LogP contribution in [0.2, 0.25) is 0 Å². The molecule has 0 fully saturated rings. The molecule has 0 spiro atoms. The van der Waals surface area contributed by atoms with E-state index in [9.17, 15) is 14.0 Å². The maximum Gasteiger partial charge on any atom is 0.324 e. The van der Waals surface area contributed by atoms with E-state index in [1.807, 2.05) is 30.3 Å². The lowest BCUT2D eigenvalue weighted by atomic mass is 10.2. The molecule has 9 nitrogen and oxygen atoms in total. The molecule has 3 N–H and O–H groups in total. The number of aliphatic imine (C=N–C) groups is 1. The first kappa shape index (κ1) is 26.3. The van der Waals surface area contributed by atoms with E-state index in [1.54, 1.807) is 38.4 Å². The Kier molecular flexibility index (Phi) is 9.49. The highest BCUT2D eigenvalue weighted by Gasteiger charge is 2.19. The number of carbonyl (C=O) groups is 2. The van der Waals surface area contributed by atoms with Crippen LogP contribution in [0.15, 0.2) is 77.8 Å². The summed E-state index contributed by atoms with van der Waals surface area (Å²) in [7, 11) is 4.61. The minimum absolute atomic E-state index is 0.0132. The Balaban J connectivity index is 1.89. The Morgan fingerprint density at radius 3 is 2.36 bits per heavy atom. The van der Waals surface area contributed by atoms with E-state index in [1.165, 1.54) is 40.6 Å². The van der Waals surface area contributed by atoms with E-state index < -0.39 is 11.8 Å². The molecule has 0 atom stereocenters. The summed E-state index contributed by atoms with van der Waals surface area (Å²) in [6, 6.07) is 20.3. The first-order valence-corrected chi connectivity index (χ1v) is 11.1. The topological polar surface area (TPSA) is 100 Å². The number of hydrogen-bond acceptors (Lipinski definition) is 5. The van der Waals surface area contributed by atoms with Gasteiger partial charge in [0.15, 0.2) is 11.5 Å². The fraction of sp³-hybridized carbons (Fsp3) is 0.192. The zero-order chi connectivity index (χ0) is 25.9. The van der Waals surface area contributed by atoms with Crippen molar-refractivity contribution in [2.75, 3.05) is 21.3 Å². The van der Waals surface area contributed by atoms with Gasteiger partial charge in [0.25, 0.3) is 0 Å². The van der Waals surface area contributed by atoms with Crippen LogP contribution in [0.1, 0.15) is 11.1 Å². The van der Waals surface area contributed by atoms with Crippen LogP contribution >= 0.6 is 0 Å². The lowest BCUT2D eigenvalue weighted by Gasteiger charge is -2.24. The van der Waals surface area contributed by atoms with Gasteiger partial charge in [0, 0.05) is 19.7 Å². The van der Waals surface area contributed by atoms with Gasteiger partial charge >= 0.3 is 6.03 Å². The molecule has 3 amide bonds. The monoisotopic (exact) mass is 494 g/mol. The Bertz CT molecular complexity index is 1190. The Morgan fingerprint density at radius 1 is 1.03 bits per heavy atom.